The average molecular weight is 422 g/mol. The Bertz CT molecular complexity index is 1130. The van der Waals surface area contributed by atoms with Gasteiger partial charge < -0.3 is 4.52 Å². The predicted octanol–water partition coefficient (Wildman–Crippen LogP) is 4.36. The summed E-state index contributed by atoms with van der Waals surface area (Å²) in [6, 6.07) is 10.5. The van der Waals surface area contributed by atoms with Gasteiger partial charge in [0.05, 0.1) is 9.92 Å². The Morgan fingerprint density at radius 3 is 2.82 bits per heavy atom. The first kappa shape index (κ1) is 19.0. The summed E-state index contributed by atoms with van der Waals surface area (Å²) in [5.74, 6) is -0.0168. The van der Waals surface area contributed by atoms with Crippen molar-refractivity contribution in [3.05, 3.63) is 64.8 Å². The van der Waals surface area contributed by atoms with Crippen LogP contribution in [-0.4, -0.2) is 29.4 Å². The van der Waals surface area contributed by atoms with Gasteiger partial charge in [-0.3, -0.25) is 0 Å². The van der Waals surface area contributed by atoms with Crippen molar-refractivity contribution in [3.63, 3.8) is 0 Å². The van der Waals surface area contributed by atoms with Crippen LogP contribution in [0.3, 0.4) is 0 Å². The molecular weight excluding hydrogens is 405 g/mol. The van der Waals surface area contributed by atoms with Crippen LogP contribution in [0.25, 0.3) is 11.4 Å². The van der Waals surface area contributed by atoms with Gasteiger partial charge in [-0.2, -0.15) is 9.29 Å². The van der Waals surface area contributed by atoms with Gasteiger partial charge in [0.25, 0.3) is 0 Å². The summed E-state index contributed by atoms with van der Waals surface area (Å²) < 4.78 is 46.2. The van der Waals surface area contributed by atoms with Gasteiger partial charge in [-0.15, -0.1) is 0 Å². The van der Waals surface area contributed by atoms with Gasteiger partial charge in [-0.25, -0.2) is 12.8 Å². The molecule has 9 heteroatoms. The molecule has 1 aliphatic rings. The predicted molar refractivity (Wildman–Crippen MR) is 102 cm³/mol. The average Bonchev–Trinajstić information content (AvgIpc) is 3.33. The lowest BCUT2D eigenvalue weighted by Crippen LogP contribution is -2.30. The molecule has 2 heterocycles. The third-order valence-electron chi connectivity index (χ3n) is 4.70. The van der Waals surface area contributed by atoms with Crippen LogP contribution in [0, 0.1) is 12.7 Å². The van der Waals surface area contributed by atoms with Crippen molar-refractivity contribution in [1.82, 2.24) is 14.4 Å². The van der Waals surface area contributed by atoms with Gasteiger partial charge in [0.2, 0.25) is 21.7 Å². The van der Waals surface area contributed by atoms with E-state index in [2.05, 4.69) is 10.1 Å². The highest BCUT2D eigenvalue weighted by Crippen LogP contribution is 2.37. The van der Waals surface area contributed by atoms with Crippen LogP contribution in [-0.2, 0) is 10.0 Å². The third kappa shape index (κ3) is 3.43. The first-order valence-corrected chi connectivity index (χ1v) is 10.6. The van der Waals surface area contributed by atoms with E-state index in [0.717, 1.165) is 23.3 Å². The molecule has 28 heavy (non-hydrogen) atoms. The summed E-state index contributed by atoms with van der Waals surface area (Å²) in [6.07, 6.45) is 1.21. The smallest absolute Gasteiger partial charge is 0.245 e. The van der Waals surface area contributed by atoms with E-state index >= 15 is 0 Å². The Morgan fingerprint density at radius 1 is 1.25 bits per heavy atom. The zero-order valence-corrected chi connectivity index (χ0v) is 16.5. The van der Waals surface area contributed by atoms with Crippen molar-refractivity contribution >= 4 is 21.6 Å². The molecular formula is C19H17ClFN3O3S. The summed E-state index contributed by atoms with van der Waals surface area (Å²) in [5, 5.41) is 3.77. The van der Waals surface area contributed by atoms with Crippen molar-refractivity contribution in [2.75, 3.05) is 6.54 Å². The second kappa shape index (κ2) is 7.27. The van der Waals surface area contributed by atoms with Crippen LogP contribution in [0.1, 0.15) is 30.3 Å². The summed E-state index contributed by atoms with van der Waals surface area (Å²) in [6.45, 7) is 2.27. The minimum Gasteiger partial charge on any atom is -0.337 e. The number of benzene rings is 2. The van der Waals surface area contributed by atoms with Crippen molar-refractivity contribution in [1.29, 1.82) is 0 Å². The molecule has 0 N–H and O–H groups in total. The minimum absolute atomic E-state index is 0.0655. The Hall–Kier alpha value is -2.29. The summed E-state index contributed by atoms with van der Waals surface area (Å²) in [5.41, 5.74) is 1.86. The van der Waals surface area contributed by atoms with Crippen molar-refractivity contribution < 1.29 is 17.3 Å². The first-order valence-electron chi connectivity index (χ1n) is 8.74. The molecule has 0 spiro atoms. The van der Waals surface area contributed by atoms with Crippen molar-refractivity contribution in [2.45, 2.75) is 30.7 Å². The largest absolute Gasteiger partial charge is 0.337 e. The van der Waals surface area contributed by atoms with E-state index < -0.39 is 21.9 Å². The maximum absolute atomic E-state index is 13.4. The van der Waals surface area contributed by atoms with E-state index in [4.69, 9.17) is 16.1 Å². The normalized spacial score (nSPS) is 17.9. The van der Waals surface area contributed by atoms with Crippen molar-refractivity contribution in [3.8, 4) is 11.4 Å². The molecule has 1 aliphatic heterocycles. The standard InChI is InChI=1S/C19H17ClFN3O3S/c1-12-4-2-5-13(10-12)18-22-19(27-23-18)17-6-3-9-24(17)28(25,26)14-7-8-16(21)15(20)11-14/h2,4-5,7-8,10-11,17H,3,6,9H2,1H3/t17-/m0/s1. The van der Waals surface area contributed by atoms with E-state index in [1.54, 1.807) is 0 Å². The second-order valence-corrected chi connectivity index (χ2v) is 8.97. The number of aromatic nitrogens is 2. The van der Waals surface area contributed by atoms with Gasteiger partial charge >= 0.3 is 0 Å². The molecule has 0 amide bonds. The molecule has 1 atom stereocenters. The minimum atomic E-state index is -3.88. The molecule has 4 rings (SSSR count). The summed E-state index contributed by atoms with van der Waals surface area (Å²) >= 11 is 5.77. The molecule has 0 radical (unpaired) electrons. The van der Waals surface area contributed by atoms with Gasteiger partial charge in [0.1, 0.15) is 11.9 Å². The van der Waals surface area contributed by atoms with Crippen molar-refractivity contribution in [2.24, 2.45) is 0 Å². The third-order valence-corrected chi connectivity index (χ3v) is 6.90. The van der Waals surface area contributed by atoms with Crippen LogP contribution in [0.2, 0.25) is 5.02 Å². The summed E-state index contributed by atoms with van der Waals surface area (Å²) in [4.78, 5) is 4.36. The molecule has 0 saturated carbocycles. The quantitative estimate of drug-likeness (QED) is 0.625. The van der Waals surface area contributed by atoms with Gasteiger partial charge in [-0.05, 0) is 44.0 Å². The number of nitrogens with zero attached hydrogens (tertiary/aromatic N) is 3. The van der Waals surface area contributed by atoms with Gasteiger partial charge in [0, 0.05) is 12.1 Å². The molecule has 6 nitrogen and oxygen atoms in total. The maximum atomic E-state index is 13.4. The lowest BCUT2D eigenvalue weighted by molar-refractivity contribution is 0.290. The Morgan fingerprint density at radius 2 is 2.07 bits per heavy atom. The molecule has 0 aliphatic carbocycles. The fourth-order valence-corrected chi connectivity index (χ4v) is 5.24. The highest BCUT2D eigenvalue weighted by atomic mass is 35.5. The number of hydrogen-bond acceptors (Lipinski definition) is 5. The zero-order valence-electron chi connectivity index (χ0n) is 15.0. The van der Waals surface area contributed by atoms with E-state index in [1.165, 1.54) is 10.4 Å². The molecule has 1 aromatic heterocycles. The van der Waals surface area contributed by atoms with Crippen LogP contribution in [0.4, 0.5) is 4.39 Å². The Labute approximate surface area is 167 Å². The highest BCUT2D eigenvalue weighted by molar-refractivity contribution is 7.89. The Balaban J connectivity index is 1.66. The summed E-state index contributed by atoms with van der Waals surface area (Å²) in [7, 11) is -3.88. The molecule has 146 valence electrons. The number of aryl methyl sites for hydroxylation is 1. The molecule has 0 bridgehead atoms. The van der Waals surface area contributed by atoms with E-state index in [1.807, 2.05) is 31.2 Å². The molecule has 1 fully saturated rings. The molecule has 2 aromatic carbocycles. The lowest BCUT2D eigenvalue weighted by Gasteiger charge is -2.21. The topological polar surface area (TPSA) is 76.3 Å². The lowest BCUT2D eigenvalue weighted by atomic mass is 10.1. The highest BCUT2D eigenvalue weighted by Gasteiger charge is 2.39. The molecule has 0 unspecified atom stereocenters. The van der Waals surface area contributed by atoms with E-state index in [0.29, 0.717) is 25.2 Å². The monoisotopic (exact) mass is 421 g/mol. The van der Waals surface area contributed by atoms with Crippen LogP contribution >= 0.6 is 11.6 Å². The molecule has 1 saturated heterocycles. The SMILES string of the molecule is Cc1cccc(-c2noc([C@@H]3CCCN3S(=O)(=O)c3ccc(F)c(Cl)c3)n2)c1. The number of halogens is 2. The van der Waals surface area contributed by atoms with E-state index in [-0.39, 0.29) is 15.8 Å². The van der Waals surface area contributed by atoms with Crippen LogP contribution < -0.4 is 0 Å². The maximum Gasteiger partial charge on any atom is 0.245 e. The van der Waals surface area contributed by atoms with Crippen LogP contribution in [0.15, 0.2) is 51.9 Å². The van der Waals surface area contributed by atoms with Crippen LogP contribution in [0.5, 0.6) is 0 Å². The number of hydrogen-bond donors (Lipinski definition) is 0. The molecule has 3 aromatic rings. The van der Waals surface area contributed by atoms with E-state index in [9.17, 15) is 12.8 Å². The second-order valence-electron chi connectivity index (χ2n) is 6.68. The fraction of sp³-hybridized carbons (Fsp3) is 0.263. The first-order chi connectivity index (χ1) is 13.4. The number of rotatable bonds is 4. The van der Waals surface area contributed by atoms with Gasteiger partial charge in [-0.1, -0.05) is 40.5 Å². The zero-order chi connectivity index (χ0) is 19.9. The van der Waals surface area contributed by atoms with Gasteiger partial charge in [0.15, 0.2) is 0 Å². The fourth-order valence-electron chi connectivity index (χ4n) is 3.32. The number of sulfonamides is 1. The Kier molecular flexibility index (Phi) is 4.95.